The second-order valence-corrected chi connectivity index (χ2v) is 5.96. The fraction of sp³-hybridized carbons (Fsp3) is 0.0769. The van der Waals surface area contributed by atoms with Crippen LogP contribution < -0.4 is 4.74 Å². The normalized spacial score (nSPS) is 11.5. The monoisotopic (exact) mass is 428 g/mol. The predicted molar refractivity (Wildman–Crippen MR) is 79.0 cm³/mol. The largest absolute Gasteiger partial charge is 0.573 e. The molecule has 0 N–H and O–H groups in total. The number of hydrogen-bond acceptors (Lipinski definition) is 1. The van der Waals surface area contributed by atoms with Crippen molar-refractivity contribution in [1.29, 1.82) is 0 Å². The molecule has 20 heavy (non-hydrogen) atoms. The molecule has 2 aromatic carbocycles. The summed E-state index contributed by atoms with van der Waals surface area (Å²) in [5, 5.41) is 0.564. The summed E-state index contributed by atoms with van der Waals surface area (Å²) in [7, 11) is 0. The third-order valence-corrected chi connectivity index (χ3v) is 3.94. The van der Waals surface area contributed by atoms with Gasteiger partial charge in [-0.15, -0.1) is 13.2 Å². The average molecular weight is 430 g/mol. The molecule has 0 aliphatic heterocycles. The van der Waals surface area contributed by atoms with Crippen molar-refractivity contribution in [3.63, 3.8) is 0 Å². The Labute approximate surface area is 135 Å². The summed E-state index contributed by atoms with van der Waals surface area (Å²) < 4.78 is 41.5. The fourth-order valence-corrected chi connectivity index (χ4v) is 3.09. The molecular formula is C13H6Br2ClF3O. The maximum absolute atomic E-state index is 12.1. The van der Waals surface area contributed by atoms with E-state index in [0.717, 1.165) is 15.6 Å². The van der Waals surface area contributed by atoms with Gasteiger partial charge < -0.3 is 4.74 Å². The minimum atomic E-state index is -4.71. The molecule has 0 bridgehead atoms. The number of rotatable bonds is 2. The van der Waals surface area contributed by atoms with Gasteiger partial charge in [0.15, 0.2) is 0 Å². The molecule has 0 unspecified atom stereocenters. The lowest BCUT2D eigenvalue weighted by Gasteiger charge is -2.12. The Bertz CT molecular complexity index is 644. The van der Waals surface area contributed by atoms with Crippen molar-refractivity contribution in [1.82, 2.24) is 0 Å². The van der Waals surface area contributed by atoms with Gasteiger partial charge in [0.05, 0.1) is 0 Å². The number of benzene rings is 2. The van der Waals surface area contributed by atoms with E-state index in [0.29, 0.717) is 9.50 Å². The molecule has 0 aliphatic rings. The second-order valence-electron chi connectivity index (χ2n) is 3.81. The van der Waals surface area contributed by atoms with E-state index < -0.39 is 6.36 Å². The number of alkyl halides is 3. The highest BCUT2D eigenvalue weighted by Crippen LogP contribution is 2.37. The van der Waals surface area contributed by atoms with Crippen LogP contribution >= 0.6 is 43.5 Å². The summed E-state index contributed by atoms with van der Waals surface area (Å²) >= 11 is 12.5. The number of ether oxygens (including phenoxy) is 1. The summed E-state index contributed by atoms with van der Waals surface area (Å²) in [6, 6.07) is 9.26. The zero-order valence-electron chi connectivity index (χ0n) is 9.64. The van der Waals surface area contributed by atoms with Gasteiger partial charge in [0.2, 0.25) is 0 Å². The summed E-state index contributed by atoms with van der Waals surface area (Å²) in [6.07, 6.45) is -4.71. The Morgan fingerprint density at radius 1 is 0.900 bits per heavy atom. The molecule has 0 aromatic heterocycles. The van der Waals surface area contributed by atoms with Crippen molar-refractivity contribution in [3.8, 4) is 16.9 Å². The van der Waals surface area contributed by atoms with E-state index in [2.05, 4.69) is 36.6 Å². The number of hydrogen-bond donors (Lipinski definition) is 0. The van der Waals surface area contributed by atoms with Gasteiger partial charge in [-0.05, 0) is 41.5 Å². The summed E-state index contributed by atoms with van der Waals surface area (Å²) in [5.41, 5.74) is 1.53. The molecule has 0 saturated carbocycles. The Morgan fingerprint density at radius 3 is 1.95 bits per heavy atom. The van der Waals surface area contributed by atoms with Gasteiger partial charge in [-0.3, -0.25) is 0 Å². The van der Waals surface area contributed by atoms with Gasteiger partial charge in [0.1, 0.15) is 5.75 Å². The quantitative estimate of drug-likeness (QED) is 0.534. The van der Waals surface area contributed by atoms with Crippen molar-refractivity contribution in [2.45, 2.75) is 6.36 Å². The first-order valence-corrected chi connectivity index (χ1v) is 7.23. The highest BCUT2D eigenvalue weighted by Gasteiger charge is 2.31. The first-order valence-electron chi connectivity index (χ1n) is 5.27. The van der Waals surface area contributed by atoms with E-state index in [1.165, 1.54) is 12.1 Å². The van der Waals surface area contributed by atoms with Crippen LogP contribution in [0, 0.1) is 0 Å². The second kappa shape index (κ2) is 5.95. The molecule has 2 aromatic rings. The van der Waals surface area contributed by atoms with Gasteiger partial charge in [-0.1, -0.05) is 49.5 Å². The molecule has 0 aliphatic carbocycles. The van der Waals surface area contributed by atoms with Gasteiger partial charge in [-0.25, -0.2) is 0 Å². The summed E-state index contributed by atoms with van der Waals surface area (Å²) in [5.74, 6) is -0.279. The smallest absolute Gasteiger partial charge is 0.406 e. The Hall–Kier alpha value is -0.720. The van der Waals surface area contributed by atoms with Crippen molar-refractivity contribution in [2.75, 3.05) is 0 Å². The van der Waals surface area contributed by atoms with Gasteiger partial charge in [0.25, 0.3) is 0 Å². The van der Waals surface area contributed by atoms with Crippen LogP contribution in [0.25, 0.3) is 11.1 Å². The van der Waals surface area contributed by atoms with Crippen molar-refractivity contribution in [2.24, 2.45) is 0 Å². The highest BCUT2D eigenvalue weighted by molar-refractivity contribution is 9.11. The Morgan fingerprint density at radius 2 is 1.45 bits per heavy atom. The van der Waals surface area contributed by atoms with E-state index in [-0.39, 0.29) is 5.75 Å². The SMILES string of the molecule is FC(F)(F)Oc1ccc(-c2ccc(Cl)cc2Br)c(Br)c1. The molecular weight excluding hydrogens is 424 g/mol. The van der Waals surface area contributed by atoms with Crippen LogP contribution in [0.3, 0.4) is 0 Å². The van der Waals surface area contributed by atoms with E-state index in [4.69, 9.17) is 11.6 Å². The lowest BCUT2D eigenvalue weighted by molar-refractivity contribution is -0.274. The first kappa shape index (κ1) is 15.7. The third-order valence-electron chi connectivity index (χ3n) is 2.40. The molecule has 0 fully saturated rings. The topological polar surface area (TPSA) is 9.23 Å². The van der Waals surface area contributed by atoms with Crippen LogP contribution in [0.2, 0.25) is 5.02 Å². The lowest BCUT2D eigenvalue weighted by Crippen LogP contribution is -2.17. The van der Waals surface area contributed by atoms with Crippen molar-refractivity contribution >= 4 is 43.5 Å². The van der Waals surface area contributed by atoms with Crippen LogP contribution in [-0.2, 0) is 0 Å². The molecule has 0 heterocycles. The fourth-order valence-electron chi connectivity index (χ4n) is 1.62. The first-order chi connectivity index (χ1) is 9.26. The molecule has 0 saturated heterocycles. The van der Waals surface area contributed by atoms with E-state index >= 15 is 0 Å². The molecule has 0 spiro atoms. The Balaban J connectivity index is 2.39. The highest BCUT2D eigenvalue weighted by atomic mass is 79.9. The summed E-state index contributed by atoms with van der Waals surface area (Å²) in [6.45, 7) is 0. The minimum Gasteiger partial charge on any atom is -0.406 e. The standard InChI is InChI=1S/C13H6Br2ClF3O/c14-11-5-7(16)1-3-9(11)10-4-2-8(6-12(10)15)20-13(17,18)19/h1-6H. The van der Waals surface area contributed by atoms with E-state index in [1.54, 1.807) is 24.3 Å². The molecule has 0 atom stereocenters. The maximum Gasteiger partial charge on any atom is 0.573 e. The summed E-state index contributed by atoms with van der Waals surface area (Å²) in [4.78, 5) is 0. The molecule has 2 rings (SSSR count). The molecule has 0 radical (unpaired) electrons. The van der Waals surface area contributed by atoms with Gasteiger partial charge in [-0.2, -0.15) is 0 Å². The molecule has 106 valence electrons. The van der Waals surface area contributed by atoms with E-state index in [1.807, 2.05) is 0 Å². The molecule has 1 nitrogen and oxygen atoms in total. The predicted octanol–water partition coefficient (Wildman–Crippen LogP) is 6.43. The Kier molecular flexibility index (Phi) is 4.66. The number of halogens is 6. The van der Waals surface area contributed by atoms with Crippen LogP contribution in [0.15, 0.2) is 45.3 Å². The van der Waals surface area contributed by atoms with Crippen LogP contribution in [0.5, 0.6) is 5.75 Å². The van der Waals surface area contributed by atoms with Crippen molar-refractivity contribution < 1.29 is 17.9 Å². The zero-order valence-corrected chi connectivity index (χ0v) is 13.6. The average Bonchev–Trinajstić information content (AvgIpc) is 2.28. The van der Waals surface area contributed by atoms with Crippen molar-refractivity contribution in [3.05, 3.63) is 50.4 Å². The van der Waals surface area contributed by atoms with Gasteiger partial charge >= 0.3 is 6.36 Å². The third kappa shape index (κ3) is 3.90. The zero-order chi connectivity index (χ0) is 14.9. The van der Waals surface area contributed by atoms with E-state index in [9.17, 15) is 13.2 Å². The lowest BCUT2D eigenvalue weighted by atomic mass is 10.1. The molecule has 7 heteroatoms. The molecule has 0 amide bonds. The minimum absolute atomic E-state index is 0.279. The maximum atomic E-state index is 12.1. The van der Waals surface area contributed by atoms with Crippen LogP contribution in [-0.4, -0.2) is 6.36 Å². The van der Waals surface area contributed by atoms with Crippen LogP contribution in [0.1, 0.15) is 0 Å². The van der Waals surface area contributed by atoms with Crippen LogP contribution in [0.4, 0.5) is 13.2 Å². The van der Waals surface area contributed by atoms with Gasteiger partial charge in [0, 0.05) is 14.0 Å².